The lowest BCUT2D eigenvalue weighted by Crippen LogP contribution is -2.30. The van der Waals surface area contributed by atoms with Gasteiger partial charge in [0.2, 0.25) is 0 Å². The first-order valence-electron chi connectivity index (χ1n) is 34.0. The van der Waals surface area contributed by atoms with E-state index in [1.807, 2.05) is 0 Å². The molecular formula is C70H130O6. The summed E-state index contributed by atoms with van der Waals surface area (Å²) in [5.74, 6) is -0.855. The van der Waals surface area contributed by atoms with Crippen LogP contribution in [0.5, 0.6) is 0 Å². The third kappa shape index (κ3) is 62.5. The van der Waals surface area contributed by atoms with Gasteiger partial charge in [-0.3, -0.25) is 14.4 Å². The fraction of sp³-hybridized carbons (Fsp3) is 0.871. The minimum Gasteiger partial charge on any atom is -0.462 e. The Morgan fingerprint density at radius 2 is 0.487 bits per heavy atom. The van der Waals surface area contributed by atoms with Crippen molar-refractivity contribution < 1.29 is 28.6 Å². The van der Waals surface area contributed by atoms with Crippen LogP contribution in [-0.4, -0.2) is 37.2 Å². The van der Waals surface area contributed by atoms with E-state index < -0.39 is 6.10 Å². The zero-order valence-corrected chi connectivity index (χ0v) is 51.3. The van der Waals surface area contributed by atoms with Crippen molar-refractivity contribution in [1.82, 2.24) is 0 Å². The van der Waals surface area contributed by atoms with E-state index in [-0.39, 0.29) is 31.1 Å². The highest BCUT2D eigenvalue weighted by atomic mass is 16.6. The number of hydrogen-bond acceptors (Lipinski definition) is 6. The number of carbonyl (C=O) groups excluding carboxylic acids is 3. The van der Waals surface area contributed by atoms with Crippen LogP contribution in [0.3, 0.4) is 0 Å². The smallest absolute Gasteiger partial charge is 0.306 e. The quantitative estimate of drug-likeness (QED) is 0.0261. The number of rotatable bonds is 63. The average Bonchev–Trinajstić information content (AvgIpc) is 3.42. The van der Waals surface area contributed by atoms with Crippen LogP contribution in [0.4, 0.5) is 0 Å². The molecule has 0 spiro atoms. The fourth-order valence-electron chi connectivity index (χ4n) is 10.2. The summed E-state index contributed by atoms with van der Waals surface area (Å²) in [5, 5.41) is 0. The topological polar surface area (TPSA) is 78.9 Å². The molecule has 6 heteroatoms. The first-order valence-corrected chi connectivity index (χ1v) is 34.0. The molecule has 0 amide bonds. The van der Waals surface area contributed by atoms with E-state index in [9.17, 15) is 14.4 Å². The van der Waals surface area contributed by atoms with E-state index in [0.29, 0.717) is 19.3 Å². The zero-order valence-electron chi connectivity index (χ0n) is 51.3. The number of ether oxygens (including phenoxy) is 3. The maximum atomic E-state index is 12.9. The number of carbonyl (C=O) groups is 3. The van der Waals surface area contributed by atoms with E-state index in [2.05, 4.69) is 57.2 Å². The molecule has 1 unspecified atom stereocenters. The van der Waals surface area contributed by atoms with Gasteiger partial charge in [-0.2, -0.15) is 0 Å². The van der Waals surface area contributed by atoms with Crippen molar-refractivity contribution >= 4 is 17.9 Å². The van der Waals surface area contributed by atoms with Crippen LogP contribution in [0.25, 0.3) is 0 Å². The third-order valence-corrected chi connectivity index (χ3v) is 15.4. The first kappa shape index (κ1) is 73.6. The van der Waals surface area contributed by atoms with Gasteiger partial charge in [-0.1, -0.05) is 320 Å². The van der Waals surface area contributed by atoms with Crippen LogP contribution < -0.4 is 0 Å². The van der Waals surface area contributed by atoms with Crippen molar-refractivity contribution in [3.05, 3.63) is 36.5 Å². The molecule has 0 aromatic rings. The van der Waals surface area contributed by atoms with E-state index in [4.69, 9.17) is 14.2 Å². The highest BCUT2D eigenvalue weighted by molar-refractivity contribution is 5.71. The van der Waals surface area contributed by atoms with E-state index in [0.717, 1.165) is 70.6 Å². The Morgan fingerprint density at radius 1 is 0.263 bits per heavy atom. The van der Waals surface area contributed by atoms with Crippen LogP contribution in [0.1, 0.15) is 374 Å². The fourth-order valence-corrected chi connectivity index (χ4v) is 10.2. The summed E-state index contributed by atoms with van der Waals surface area (Å²) in [6.07, 6.45) is 80.4. The Balaban J connectivity index is 4.03. The van der Waals surface area contributed by atoms with Gasteiger partial charge in [0.05, 0.1) is 0 Å². The molecule has 0 rings (SSSR count). The van der Waals surface area contributed by atoms with Crippen molar-refractivity contribution in [2.24, 2.45) is 0 Å². The van der Waals surface area contributed by atoms with Crippen molar-refractivity contribution in [2.45, 2.75) is 380 Å². The second kappa shape index (κ2) is 65.2. The van der Waals surface area contributed by atoms with Crippen molar-refractivity contribution in [3.8, 4) is 0 Å². The molecular weight excluding hydrogens is 937 g/mol. The van der Waals surface area contributed by atoms with Crippen molar-refractivity contribution in [2.75, 3.05) is 13.2 Å². The predicted octanol–water partition coefficient (Wildman–Crippen LogP) is 23.2. The molecule has 6 nitrogen and oxygen atoms in total. The minimum absolute atomic E-state index is 0.0687. The second-order valence-corrected chi connectivity index (χ2v) is 23.1. The Kier molecular flexibility index (Phi) is 63.1. The number of unbranched alkanes of at least 4 members (excludes halogenated alkanes) is 46. The maximum absolute atomic E-state index is 12.9. The molecule has 446 valence electrons. The number of allylic oxidation sites excluding steroid dienone is 6. The molecule has 1 atom stereocenters. The molecule has 0 aliphatic carbocycles. The summed E-state index contributed by atoms with van der Waals surface area (Å²) in [7, 11) is 0. The molecule has 0 bridgehead atoms. The monoisotopic (exact) mass is 1070 g/mol. The van der Waals surface area contributed by atoms with E-state index >= 15 is 0 Å². The Morgan fingerprint density at radius 3 is 0.776 bits per heavy atom. The van der Waals surface area contributed by atoms with Crippen molar-refractivity contribution in [3.63, 3.8) is 0 Å². The van der Waals surface area contributed by atoms with Gasteiger partial charge in [0, 0.05) is 19.3 Å². The molecule has 0 aromatic carbocycles. The van der Waals surface area contributed by atoms with Gasteiger partial charge in [0.15, 0.2) is 6.10 Å². The summed E-state index contributed by atoms with van der Waals surface area (Å²) >= 11 is 0. The zero-order chi connectivity index (χ0) is 55.0. The predicted molar refractivity (Wildman–Crippen MR) is 330 cm³/mol. The summed E-state index contributed by atoms with van der Waals surface area (Å²) in [6.45, 7) is 6.64. The molecule has 0 radical (unpaired) electrons. The third-order valence-electron chi connectivity index (χ3n) is 15.4. The lowest BCUT2D eigenvalue weighted by Gasteiger charge is -2.18. The molecule has 76 heavy (non-hydrogen) atoms. The normalized spacial score (nSPS) is 12.2. The second-order valence-electron chi connectivity index (χ2n) is 23.1. The van der Waals surface area contributed by atoms with E-state index in [1.165, 1.54) is 263 Å². The van der Waals surface area contributed by atoms with E-state index in [1.54, 1.807) is 0 Å². The summed E-state index contributed by atoms with van der Waals surface area (Å²) in [5.41, 5.74) is 0. The Hall–Kier alpha value is -2.37. The highest BCUT2D eigenvalue weighted by Gasteiger charge is 2.19. The molecule has 0 fully saturated rings. The molecule has 0 aromatic heterocycles. The maximum Gasteiger partial charge on any atom is 0.306 e. The van der Waals surface area contributed by atoms with Crippen LogP contribution in [-0.2, 0) is 28.6 Å². The number of esters is 3. The number of hydrogen-bond donors (Lipinski definition) is 0. The SMILES string of the molecule is CCCC/C=C\CCCCCCCC(=O)OCC(COC(=O)CCCCCCCCCCCCCCCCCCCCCCC/C=C\C/C=C\CCCCCCC)OC(=O)CCCCCCCCCCCCCCCC. The van der Waals surface area contributed by atoms with Crippen molar-refractivity contribution in [1.29, 1.82) is 0 Å². The van der Waals surface area contributed by atoms with Crippen LogP contribution in [0, 0.1) is 0 Å². The van der Waals surface area contributed by atoms with Gasteiger partial charge in [0.1, 0.15) is 13.2 Å². The summed E-state index contributed by atoms with van der Waals surface area (Å²) in [4.78, 5) is 38.2. The van der Waals surface area contributed by atoms with Crippen LogP contribution >= 0.6 is 0 Å². The van der Waals surface area contributed by atoms with Gasteiger partial charge in [0.25, 0.3) is 0 Å². The summed E-state index contributed by atoms with van der Waals surface area (Å²) in [6, 6.07) is 0. The minimum atomic E-state index is -0.770. The first-order chi connectivity index (χ1) is 37.5. The van der Waals surface area contributed by atoms with Gasteiger partial charge in [-0.15, -0.1) is 0 Å². The molecule has 0 aliphatic heterocycles. The lowest BCUT2D eigenvalue weighted by molar-refractivity contribution is -0.167. The average molecular weight is 1070 g/mol. The molecule has 0 saturated heterocycles. The molecule has 0 aliphatic rings. The summed E-state index contributed by atoms with van der Waals surface area (Å²) < 4.78 is 16.9. The largest absolute Gasteiger partial charge is 0.462 e. The van der Waals surface area contributed by atoms with Crippen LogP contribution in [0.15, 0.2) is 36.5 Å². The van der Waals surface area contributed by atoms with Gasteiger partial charge >= 0.3 is 17.9 Å². The van der Waals surface area contributed by atoms with Gasteiger partial charge in [-0.05, 0) is 70.6 Å². The van der Waals surface area contributed by atoms with Gasteiger partial charge < -0.3 is 14.2 Å². The van der Waals surface area contributed by atoms with Gasteiger partial charge in [-0.25, -0.2) is 0 Å². The highest BCUT2D eigenvalue weighted by Crippen LogP contribution is 2.18. The molecule has 0 N–H and O–H groups in total. The standard InChI is InChI=1S/C70H130O6/c1-4-7-10-13-16-19-22-24-26-27-28-29-30-31-32-33-34-35-36-37-38-39-40-41-42-43-44-46-48-51-54-57-60-63-69(72)75-66-67(65-74-68(71)62-59-56-53-50-47-21-18-15-12-9-6-3)76-70(73)64-61-58-55-52-49-45-25-23-20-17-14-11-8-5-2/h15,18,22,24,27-28,67H,4-14,16-17,19-21,23,25-26,29-66H2,1-3H3/b18-15-,24-22-,28-27-. The Bertz CT molecular complexity index is 1270. The molecule has 0 saturated carbocycles. The lowest BCUT2D eigenvalue weighted by atomic mass is 10.0. The van der Waals surface area contributed by atoms with Crippen LogP contribution in [0.2, 0.25) is 0 Å². The molecule has 0 heterocycles. The Labute approximate surface area is 474 Å².